The fourth-order valence-corrected chi connectivity index (χ4v) is 9.96. The molecule has 12 heteroatoms. The van der Waals surface area contributed by atoms with Gasteiger partial charge in [0.25, 0.3) is 0 Å². The summed E-state index contributed by atoms with van der Waals surface area (Å²) in [5, 5.41) is 31.7. The van der Waals surface area contributed by atoms with E-state index in [4.69, 9.17) is 23.7 Å². The highest BCUT2D eigenvalue weighted by Crippen LogP contribution is 2.27. The van der Waals surface area contributed by atoms with Crippen LogP contribution in [0.2, 0.25) is 0 Å². The fourth-order valence-electron chi connectivity index (χ4n) is 9.96. The summed E-state index contributed by atoms with van der Waals surface area (Å²) < 4.78 is 28.5. The van der Waals surface area contributed by atoms with Gasteiger partial charge in [0.2, 0.25) is 0 Å². The summed E-state index contributed by atoms with van der Waals surface area (Å²) >= 11 is 0. The highest BCUT2D eigenvalue weighted by Gasteiger charge is 2.50. The third kappa shape index (κ3) is 49.3. The lowest BCUT2D eigenvalue weighted by Gasteiger charge is -2.40. The van der Waals surface area contributed by atoms with Crippen molar-refractivity contribution in [2.24, 2.45) is 0 Å². The Morgan fingerprint density at radius 1 is 0.400 bits per heavy atom. The summed E-state index contributed by atoms with van der Waals surface area (Å²) in [4.78, 5) is 51.4. The lowest BCUT2D eigenvalue weighted by Crippen LogP contribution is -2.61. The Bertz CT molecular complexity index is 1840. The van der Waals surface area contributed by atoms with Gasteiger partial charge >= 0.3 is 23.9 Å². The van der Waals surface area contributed by atoms with Crippen LogP contribution in [0, 0.1) is 0 Å². The number of ether oxygens (including phenoxy) is 5. The van der Waals surface area contributed by atoms with Crippen LogP contribution in [0.5, 0.6) is 0 Å². The van der Waals surface area contributed by atoms with E-state index in [0.29, 0.717) is 19.3 Å². The number of rotatable bonds is 58. The number of hydrogen-bond acceptors (Lipinski definition) is 11. The number of unbranched alkanes of at least 4 members (excludes halogenated alkanes) is 28. The smallest absolute Gasteiger partial charge is 0.335 e. The zero-order chi connectivity index (χ0) is 61.7. The monoisotopic (exact) mass is 1190 g/mol. The molecule has 1 fully saturated rings. The van der Waals surface area contributed by atoms with Gasteiger partial charge in [0.1, 0.15) is 18.8 Å². The first-order valence-corrected chi connectivity index (χ1v) is 34.2. The minimum absolute atomic E-state index is 0.0464. The molecule has 0 saturated carbocycles. The second-order valence-corrected chi connectivity index (χ2v) is 23.1. The van der Waals surface area contributed by atoms with Gasteiger partial charge in [-0.25, -0.2) is 4.79 Å². The van der Waals surface area contributed by atoms with Crippen molar-refractivity contribution in [3.63, 3.8) is 0 Å². The second-order valence-electron chi connectivity index (χ2n) is 23.1. The van der Waals surface area contributed by atoms with E-state index in [9.17, 15) is 34.5 Å². The zero-order valence-electron chi connectivity index (χ0n) is 53.8. The fraction of sp³-hybridized carbons (Fsp3) is 0.726. The molecule has 85 heavy (non-hydrogen) atoms. The van der Waals surface area contributed by atoms with Crippen LogP contribution in [0.15, 0.2) is 97.2 Å². The van der Waals surface area contributed by atoms with Crippen LogP contribution < -0.4 is 0 Å². The molecule has 0 aliphatic carbocycles. The van der Waals surface area contributed by atoms with Gasteiger partial charge < -0.3 is 39.0 Å². The number of carboxylic acids is 1. The van der Waals surface area contributed by atoms with Gasteiger partial charge in [0.05, 0.1) is 6.61 Å². The first kappa shape index (κ1) is 78.7. The van der Waals surface area contributed by atoms with Crippen molar-refractivity contribution in [2.75, 3.05) is 13.2 Å². The molecule has 0 amide bonds. The van der Waals surface area contributed by atoms with E-state index in [1.165, 1.54) is 135 Å². The average molecular weight is 1190 g/mol. The molecule has 1 aliphatic rings. The molecule has 1 saturated heterocycles. The van der Waals surface area contributed by atoms with E-state index in [-0.39, 0.29) is 25.9 Å². The molecule has 6 atom stereocenters. The standard InChI is InChI=1S/C73H122O12/c1-4-7-10-13-16-19-22-25-28-31-33-36-38-41-44-47-50-53-56-59-65(74)81-62-64(83-66(75)60-57-54-51-48-45-42-39-35-30-27-24-21-18-15-12-9-6-3)63-82-73-71(69(78)68(77)70(85-73)72(79)80)84-67(76)61-58-55-52-49-46-43-40-37-34-32-29-26-23-20-17-14-11-8-5-2/h7,10,16-17,19-20,25-26,28-29,33,36,41,44,50,53,64,68-71,73,77-78H,4-6,8-9,11-15,18,21-24,27,30-32,34-35,37-40,42-43,45-49,51-52,54-63H2,1-3H3,(H,79,80)/b10-7-,19-16-,20-17-,28-25-,29-26-,36-33-,44-41-,53-50-. The van der Waals surface area contributed by atoms with Crippen molar-refractivity contribution in [1.29, 1.82) is 0 Å². The van der Waals surface area contributed by atoms with Crippen LogP contribution in [0.4, 0.5) is 0 Å². The van der Waals surface area contributed by atoms with Crippen LogP contribution in [-0.2, 0) is 42.9 Å². The molecule has 1 aliphatic heterocycles. The summed E-state index contributed by atoms with van der Waals surface area (Å²) in [6, 6.07) is 0. The number of carbonyl (C=O) groups excluding carboxylic acids is 3. The van der Waals surface area contributed by atoms with Crippen LogP contribution in [0.3, 0.4) is 0 Å². The Balaban J connectivity index is 2.69. The second kappa shape index (κ2) is 59.9. The Kier molecular flexibility index (Phi) is 55.5. The highest BCUT2D eigenvalue weighted by atomic mass is 16.7. The number of aliphatic hydroxyl groups excluding tert-OH is 2. The lowest BCUT2D eigenvalue weighted by atomic mass is 9.98. The molecule has 486 valence electrons. The Morgan fingerprint density at radius 2 is 0.765 bits per heavy atom. The van der Waals surface area contributed by atoms with Gasteiger partial charge in [-0.2, -0.15) is 0 Å². The van der Waals surface area contributed by atoms with E-state index in [2.05, 4.69) is 106 Å². The zero-order valence-corrected chi connectivity index (χ0v) is 53.8. The normalized spacial score (nSPS) is 18.1. The quantitative estimate of drug-likeness (QED) is 0.0228. The molecule has 0 spiro atoms. The predicted octanol–water partition coefficient (Wildman–Crippen LogP) is 18.8. The molecule has 6 unspecified atom stereocenters. The van der Waals surface area contributed by atoms with Crippen LogP contribution in [-0.4, -0.2) is 89.2 Å². The molecule has 1 rings (SSSR count). The van der Waals surface area contributed by atoms with Gasteiger partial charge in [0, 0.05) is 19.3 Å². The molecule has 0 radical (unpaired) electrons. The minimum atomic E-state index is -1.92. The number of esters is 3. The molecule has 0 bridgehead atoms. The number of carbonyl (C=O) groups is 4. The first-order valence-electron chi connectivity index (χ1n) is 34.2. The maximum absolute atomic E-state index is 13.2. The summed E-state index contributed by atoms with van der Waals surface area (Å²) in [7, 11) is 0. The molecule has 0 aromatic heterocycles. The largest absolute Gasteiger partial charge is 0.479 e. The Labute approximate surface area is 517 Å². The van der Waals surface area contributed by atoms with Gasteiger partial charge in [-0.15, -0.1) is 0 Å². The number of allylic oxidation sites excluding steroid dienone is 16. The summed E-state index contributed by atoms with van der Waals surface area (Å²) in [6.07, 6.45) is 68.0. The third-order valence-corrected chi connectivity index (χ3v) is 15.2. The average Bonchev–Trinajstić information content (AvgIpc) is 3.51. The lowest BCUT2D eigenvalue weighted by molar-refractivity contribution is -0.301. The van der Waals surface area contributed by atoms with Gasteiger partial charge in [-0.3, -0.25) is 14.4 Å². The maximum atomic E-state index is 13.2. The molecule has 1 heterocycles. The van der Waals surface area contributed by atoms with Crippen molar-refractivity contribution in [2.45, 2.75) is 327 Å². The number of aliphatic hydroxyl groups is 2. The van der Waals surface area contributed by atoms with Crippen LogP contribution in [0.1, 0.15) is 290 Å². The van der Waals surface area contributed by atoms with E-state index < -0.39 is 67.3 Å². The van der Waals surface area contributed by atoms with Gasteiger partial charge in [0.15, 0.2) is 24.6 Å². The molecule has 12 nitrogen and oxygen atoms in total. The number of hydrogen-bond donors (Lipinski definition) is 3. The van der Waals surface area contributed by atoms with Crippen molar-refractivity contribution in [3.8, 4) is 0 Å². The van der Waals surface area contributed by atoms with Gasteiger partial charge in [-0.1, -0.05) is 279 Å². The van der Waals surface area contributed by atoms with Crippen LogP contribution in [0.25, 0.3) is 0 Å². The van der Waals surface area contributed by atoms with E-state index >= 15 is 0 Å². The highest BCUT2D eigenvalue weighted by molar-refractivity contribution is 5.74. The van der Waals surface area contributed by atoms with Crippen LogP contribution >= 0.6 is 0 Å². The van der Waals surface area contributed by atoms with E-state index in [1.807, 2.05) is 12.2 Å². The maximum Gasteiger partial charge on any atom is 0.335 e. The summed E-state index contributed by atoms with van der Waals surface area (Å²) in [5.41, 5.74) is 0. The Hall–Kier alpha value is -4.36. The van der Waals surface area contributed by atoms with Gasteiger partial charge in [-0.05, 0) is 89.9 Å². The topological polar surface area (TPSA) is 175 Å². The summed E-state index contributed by atoms with van der Waals surface area (Å²) in [5.74, 6) is -3.22. The molecule has 0 aromatic carbocycles. The molecular weight excluding hydrogens is 1070 g/mol. The van der Waals surface area contributed by atoms with Crippen molar-refractivity contribution in [3.05, 3.63) is 97.2 Å². The van der Waals surface area contributed by atoms with E-state index in [0.717, 1.165) is 96.3 Å². The predicted molar refractivity (Wildman–Crippen MR) is 349 cm³/mol. The molecule has 3 N–H and O–H groups in total. The van der Waals surface area contributed by atoms with Crippen molar-refractivity contribution >= 4 is 23.9 Å². The minimum Gasteiger partial charge on any atom is -0.479 e. The number of aliphatic carboxylic acids is 1. The third-order valence-electron chi connectivity index (χ3n) is 15.2. The van der Waals surface area contributed by atoms with Crippen molar-refractivity contribution in [1.82, 2.24) is 0 Å². The number of carboxylic acid groups (broad SMARTS) is 1. The SMILES string of the molecule is CC/C=C\C/C=C\C/C=C\C/C=C\C/C=C\C/C=C\CCC(=O)OCC(COC1OC(C(=O)O)C(O)C(O)C1OC(=O)CCCCCCCCCCC/C=C\C/C=C\CCCCC)OC(=O)CCCCCCCCCCCCCCCCCCC. The molecular formula is C73H122O12. The first-order chi connectivity index (χ1) is 41.6. The van der Waals surface area contributed by atoms with Crippen molar-refractivity contribution < 1.29 is 58.2 Å². The van der Waals surface area contributed by atoms with E-state index in [1.54, 1.807) is 0 Å². The Morgan fingerprint density at radius 3 is 1.20 bits per heavy atom. The summed E-state index contributed by atoms with van der Waals surface area (Å²) in [6.45, 7) is 5.83. The molecule has 0 aromatic rings.